The van der Waals surface area contributed by atoms with Crippen LogP contribution in [0.1, 0.15) is 31.7 Å². The lowest BCUT2D eigenvalue weighted by atomic mass is 10.0. The topological polar surface area (TPSA) is 75.2 Å². The van der Waals surface area contributed by atoms with Gasteiger partial charge in [0.25, 0.3) is 0 Å². The average molecular weight is 298 g/mol. The molecule has 0 radical (unpaired) electrons. The van der Waals surface area contributed by atoms with Crippen LogP contribution in [0.3, 0.4) is 0 Å². The van der Waals surface area contributed by atoms with Crippen molar-refractivity contribution in [3.05, 3.63) is 11.9 Å². The smallest absolute Gasteiger partial charge is 0.152 e. The van der Waals surface area contributed by atoms with Gasteiger partial charge in [0.15, 0.2) is 9.84 Å². The molecule has 1 unspecified atom stereocenters. The first-order chi connectivity index (χ1) is 9.35. The summed E-state index contributed by atoms with van der Waals surface area (Å²) in [5, 5.41) is 3.08. The van der Waals surface area contributed by atoms with Crippen molar-refractivity contribution in [2.75, 3.05) is 35.8 Å². The molecule has 1 aliphatic rings. The Bertz CT molecular complexity index is 586. The van der Waals surface area contributed by atoms with Crippen LogP contribution in [0.5, 0.6) is 0 Å². The molecule has 1 atom stereocenters. The van der Waals surface area contributed by atoms with Crippen molar-refractivity contribution in [2.45, 2.75) is 32.2 Å². The van der Waals surface area contributed by atoms with Gasteiger partial charge in [-0.2, -0.15) is 0 Å². The normalized spacial score (nSPS) is 21.1. The fourth-order valence-electron chi connectivity index (χ4n) is 2.65. The number of sulfone groups is 1. The number of hydrogen-bond acceptors (Lipinski definition) is 6. The summed E-state index contributed by atoms with van der Waals surface area (Å²) in [6.45, 7) is 4.17. The van der Waals surface area contributed by atoms with Crippen LogP contribution in [0, 0.1) is 0 Å². The molecule has 112 valence electrons. The van der Waals surface area contributed by atoms with E-state index in [1.165, 1.54) is 6.33 Å². The van der Waals surface area contributed by atoms with Gasteiger partial charge >= 0.3 is 0 Å². The van der Waals surface area contributed by atoms with E-state index in [0.717, 1.165) is 17.2 Å². The van der Waals surface area contributed by atoms with Gasteiger partial charge in [0, 0.05) is 25.7 Å². The Hall–Kier alpha value is -1.37. The summed E-state index contributed by atoms with van der Waals surface area (Å²) in [4.78, 5) is 10.6. The van der Waals surface area contributed by atoms with Gasteiger partial charge in [-0.25, -0.2) is 18.4 Å². The van der Waals surface area contributed by atoms with Crippen molar-refractivity contribution < 1.29 is 8.42 Å². The van der Waals surface area contributed by atoms with Gasteiger partial charge in [-0.3, -0.25) is 0 Å². The minimum Gasteiger partial charge on any atom is -0.373 e. The van der Waals surface area contributed by atoms with Gasteiger partial charge in [-0.1, -0.05) is 13.8 Å². The molecule has 0 bridgehead atoms. The Labute approximate surface area is 120 Å². The summed E-state index contributed by atoms with van der Waals surface area (Å²) in [5.74, 6) is 2.36. The quantitative estimate of drug-likeness (QED) is 0.902. The summed E-state index contributed by atoms with van der Waals surface area (Å²) >= 11 is 0. The third-order valence-electron chi connectivity index (χ3n) is 3.77. The van der Waals surface area contributed by atoms with E-state index in [2.05, 4.69) is 29.1 Å². The molecule has 6 nitrogen and oxygen atoms in total. The Balaban J connectivity index is 2.37. The zero-order valence-electron chi connectivity index (χ0n) is 12.4. The van der Waals surface area contributed by atoms with Crippen LogP contribution in [-0.2, 0) is 9.84 Å². The Morgan fingerprint density at radius 1 is 1.40 bits per heavy atom. The molecule has 2 rings (SSSR count). The van der Waals surface area contributed by atoms with Gasteiger partial charge in [0.05, 0.1) is 11.5 Å². The molecule has 1 saturated heterocycles. The number of nitrogens with zero attached hydrogens (tertiary/aromatic N) is 3. The molecule has 0 aromatic carbocycles. The minimum absolute atomic E-state index is 0.00268. The summed E-state index contributed by atoms with van der Waals surface area (Å²) in [6.07, 6.45) is 2.18. The molecule has 0 spiro atoms. The van der Waals surface area contributed by atoms with Crippen LogP contribution in [0.2, 0.25) is 0 Å². The molecule has 1 aromatic heterocycles. The van der Waals surface area contributed by atoms with E-state index in [-0.39, 0.29) is 23.5 Å². The third kappa shape index (κ3) is 2.87. The zero-order chi connectivity index (χ0) is 14.9. The number of aromatic nitrogens is 2. The average Bonchev–Trinajstić information content (AvgIpc) is 2.77. The highest BCUT2D eigenvalue weighted by atomic mass is 32.2. The van der Waals surface area contributed by atoms with Crippen molar-refractivity contribution in [3.63, 3.8) is 0 Å². The first-order valence-corrected chi connectivity index (χ1v) is 8.63. The molecule has 1 aliphatic heterocycles. The molecule has 1 N–H and O–H groups in total. The molecule has 1 fully saturated rings. The summed E-state index contributed by atoms with van der Waals surface area (Å²) in [6, 6.07) is -0.00268. The molecule has 0 saturated carbocycles. The van der Waals surface area contributed by atoms with Crippen molar-refractivity contribution in [1.29, 1.82) is 0 Å². The predicted octanol–water partition coefficient (Wildman–Crippen LogP) is 1.26. The second-order valence-electron chi connectivity index (χ2n) is 5.53. The van der Waals surface area contributed by atoms with E-state index in [0.29, 0.717) is 6.42 Å². The first kappa shape index (κ1) is 15.0. The summed E-state index contributed by atoms with van der Waals surface area (Å²) in [7, 11) is 0.849. The second-order valence-corrected chi connectivity index (χ2v) is 7.76. The van der Waals surface area contributed by atoms with Gasteiger partial charge in [0.2, 0.25) is 0 Å². The zero-order valence-corrected chi connectivity index (χ0v) is 13.2. The Morgan fingerprint density at radius 3 is 2.60 bits per heavy atom. The lowest BCUT2D eigenvalue weighted by molar-refractivity contribution is 0.600. The maximum Gasteiger partial charge on any atom is 0.152 e. The number of hydrogen-bond donors (Lipinski definition) is 1. The molecular weight excluding hydrogens is 276 g/mol. The molecule has 7 heteroatoms. The van der Waals surface area contributed by atoms with Crippen LogP contribution in [0.25, 0.3) is 0 Å². The number of rotatable bonds is 4. The first-order valence-electron chi connectivity index (χ1n) is 6.81. The van der Waals surface area contributed by atoms with Crippen molar-refractivity contribution in [2.24, 2.45) is 0 Å². The minimum atomic E-state index is -2.90. The number of anilines is 2. The highest BCUT2D eigenvalue weighted by molar-refractivity contribution is 7.91. The Morgan fingerprint density at radius 2 is 2.10 bits per heavy atom. The maximum absolute atomic E-state index is 11.6. The monoisotopic (exact) mass is 298 g/mol. The molecule has 0 amide bonds. The van der Waals surface area contributed by atoms with Crippen LogP contribution in [0.15, 0.2) is 6.33 Å². The van der Waals surface area contributed by atoms with Crippen LogP contribution in [-0.4, -0.2) is 50.0 Å². The van der Waals surface area contributed by atoms with Gasteiger partial charge in [0.1, 0.15) is 18.0 Å². The van der Waals surface area contributed by atoms with E-state index in [4.69, 9.17) is 0 Å². The van der Waals surface area contributed by atoms with Crippen LogP contribution >= 0.6 is 0 Å². The molecule has 2 heterocycles. The standard InChI is InChI=1S/C13H22N4O2S/c1-9(2)11-12(14-3)15-8-16-13(11)17(4)10-5-6-20(18,19)7-10/h8-10H,5-7H2,1-4H3,(H,14,15,16). The van der Waals surface area contributed by atoms with E-state index in [1.54, 1.807) is 0 Å². The van der Waals surface area contributed by atoms with Crippen molar-refractivity contribution in [3.8, 4) is 0 Å². The van der Waals surface area contributed by atoms with Gasteiger partial charge < -0.3 is 10.2 Å². The summed E-state index contributed by atoms with van der Waals surface area (Å²) in [5.41, 5.74) is 1.03. The molecule has 20 heavy (non-hydrogen) atoms. The van der Waals surface area contributed by atoms with E-state index in [1.807, 2.05) is 19.0 Å². The van der Waals surface area contributed by atoms with Gasteiger partial charge in [-0.05, 0) is 12.3 Å². The highest BCUT2D eigenvalue weighted by Gasteiger charge is 2.32. The number of nitrogens with one attached hydrogen (secondary N) is 1. The third-order valence-corrected chi connectivity index (χ3v) is 5.52. The largest absolute Gasteiger partial charge is 0.373 e. The lowest BCUT2D eigenvalue weighted by Crippen LogP contribution is -2.34. The van der Waals surface area contributed by atoms with Gasteiger partial charge in [-0.15, -0.1) is 0 Å². The second kappa shape index (κ2) is 5.55. The van der Waals surface area contributed by atoms with E-state index in [9.17, 15) is 8.42 Å². The van der Waals surface area contributed by atoms with Crippen LogP contribution < -0.4 is 10.2 Å². The SMILES string of the molecule is CNc1ncnc(N(C)C2CCS(=O)(=O)C2)c1C(C)C. The molecule has 0 aliphatic carbocycles. The molecular formula is C13H22N4O2S. The maximum atomic E-state index is 11.6. The summed E-state index contributed by atoms with van der Waals surface area (Å²) < 4.78 is 23.3. The van der Waals surface area contributed by atoms with E-state index < -0.39 is 9.84 Å². The van der Waals surface area contributed by atoms with Crippen molar-refractivity contribution in [1.82, 2.24) is 9.97 Å². The fraction of sp³-hybridized carbons (Fsp3) is 0.692. The highest BCUT2D eigenvalue weighted by Crippen LogP contribution is 2.32. The van der Waals surface area contributed by atoms with E-state index >= 15 is 0 Å². The fourth-order valence-corrected chi connectivity index (χ4v) is 4.43. The lowest BCUT2D eigenvalue weighted by Gasteiger charge is -2.28. The predicted molar refractivity (Wildman–Crippen MR) is 81.1 cm³/mol. The van der Waals surface area contributed by atoms with Crippen LogP contribution in [0.4, 0.5) is 11.6 Å². The Kier molecular flexibility index (Phi) is 4.17. The molecule has 1 aromatic rings. The van der Waals surface area contributed by atoms with Crippen molar-refractivity contribution >= 4 is 21.5 Å².